The fraction of sp³-hybridized carbons (Fsp3) is 0.231. The Morgan fingerprint density at radius 3 is 1.09 bits per heavy atom. The van der Waals surface area contributed by atoms with Crippen molar-refractivity contribution >= 4 is 21.8 Å². The Hall–Kier alpha value is -5.76. The third-order valence-electron chi connectivity index (χ3n) is 11.8. The van der Waals surface area contributed by atoms with Crippen molar-refractivity contribution in [1.82, 2.24) is 18.9 Å². The molecule has 1 saturated heterocycles. The number of aryl methyl sites for hydroxylation is 2. The molecule has 2 atom stereocenters. The highest BCUT2D eigenvalue weighted by molar-refractivity contribution is 6.06. The van der Waals surface area contributed by atoms with Crippen molar-refractivity contribution in [1.29, 1.82) is 0 Å². The maximum absolute atomic E-state index is 11.8. The van der Waals surface area contributed by atoms with E-state index in [1.807, 2.05) is 0 Å². The molecule has 1 aliphatic rings. The summed E-state index contributed by atoms with van der Waals surface area (Å²) in [6.07, 6.45) is -1.11. The highest BCUT2D eigenvalue weighted by Gasteiger charge is 2.27. The van der Waals surface area contributed by atoms with Gasteiger partial charge in [-0.3, -0.25) is 9.80 Å². The Balaban J connectivity index is 0.913. The van der Waals surface area contributed by atoms with Crippen LogP contribution in [0.2, 0.25) is 0 Å². The Morgan fingerprint density at radius 2 is 0.741 bits per heavy atom. The van der Waals surface area contributed by atoms with Gasteiger partial charge >= 0.3 is 0 Å². The molecule has 3 heterocycles. The molecule has 0 bridgehead atoms. The Bertz CT molecular complexity index is 2440. The van der Waals surface area contributed by atoms with Crippen LogP contribution in [0.4, 0.5) is 0 Å². The van der Waals surface area contributed by atoms with Gasteiger partial charge in [0.25, 0.3) is 0 Å². The first kappa shape index (κ1) is 37.8. The van der Waals surface area contributed by atoms with Crippen LogP contribution in [0, 0.1) is 13.8 Å². The molecule has 0 unspecified atom stereocenters. The topological polar surface area (TPSA) is 56.8 Å². The number of hydrogen-bond donors (Lipinski definition) is 2. The van der Waals surface area contributed by atoms with Crippen LogP contribution < -0.4 is 0 Å². The normalized spacial score (nSPS) is 15.0. The van der Waals surface area contributed by atoms with Gasteiger partial charge in [-0.15, -0.1) is 0 Å². The maximum Gasteiger partial charge on any atom is 0.0845 e. The van der Waals surface area contributed by atoms with Gasteiger partial charge in [-0.05, 0) is 60.4 Å². The molecule has 6 heteroatoms. The monoisotopic (exact) mass is 764 g/mol. The largest absolute Gasteiger partial charge is 0.390 e. The predicted octanol–water partition coefficient (Wildman–Crippen LogP) is 9.92. The van der Waals surface area contributed by atoms with Gasteiger partial charge < -0.3 is 19.3 Å². The summed E-state index contributed by atoms with van der Waals surface area (Å²) < 4.78 is 4.67. The standard InChI is InChI=1S/C52H52N4O2/c1-37-23-25-47-45(31-37)49(39-15-7-3-8-16-39)51(41-19-11-5-12-20-41)55(47)35-43(57)33-53-27-29-54(30-28-53)34-44(58)36-56-48-26-24-38(2)32-46(48)50(40-17-9-4-10-18-40)52(56)42-21-13-6-14-22-42/h3-26,31-32,43-44,57-58H,27-30,33-36H2,1-2H3/t43-,44+. The third-order valence-corrected chi connectivity index (χ3v) is 11.8. The summed E-state index contributed by atoms with van der Waals surface area (Å²) in [4.78, 5) is 4.76. The zero-order valence-corrected chi connectivity index (χ0v) is 33.5. The summed E-state index contributed by atoms with van der Waals surface area (Å²) in [6, 6.07) is 55.8. The van der Waals surface area contributed by atoms with E-state index in [0.29, 0.717) is 26.2 Å². The molecule has 6 nitrogen and oxygen atoms in total. The lowest BCUT2D eigenvalue weighted by molar-refractivity contribution is 0.0412. The summed E-state index contributed by atoms with van der Waals surface area (Å²) in [6.45, 7) is 9.84. The van der Waals surface area contributed by atoms with Crippen molar-refractivity contribution in [2.24, 2.45) is 0 Å². The number of aliphatic hydroxyl groups is 2. The minimum Gasteiger partial charge on any atom is -0.390 e. The van der Waals surface area contributed by atoms with Crippen LogP contribution in [0.1, 0.15) is 11.1 Å². The minimum atomic E-state index is -0.555. The van der Waals surface area contributed by atoms with Crippen LogP contribution in [-0.2, 0) is 13.1 Å². The Kier molecular flexibility index (Phi) is 10.8. The molecule has 0 radical (unpaired) electrons. The number of β-amino-alcohol motifs (C(OH)–C–C–N with tert-alkyl or cyclic N) is 2. The molecule has 8 aromatic rings. The molecule has 9 rings (SSSR count). The molecule has 2 N–H and O–H groups in total. The average Bonchev–Trinajstić information content (AvgIpc) is 3.73. The zero-order chi connectivity index (χ0) is 39.6. The van der Waals surface area contributed by atoms with Crippen molar-refractivity contribution in [2.45, 2.75) is 39.1 Å². The van der Waals surface area contributed by atoms with E-state index in [9.17, 15) is 10.2 Å². The Labute approximate surface area is 341 Å². The average molecular weight is 765 g/mol. The van der Waals surface area contributed by atoms with Crippen molar-refractivity contribution < 1.29 is 10.2 Å². The van der Waals surface area contributed by atoms with Crippen molar-refractivity contribution in [3.63, 3.8) is 0 Å². The molecule has 0 spiro atoms. The molecule has 0 saturated carbocycles. The highest BCUT2D eigenvalue weighted by atomic mass is 16.3. The number of rotatable bonds is 12. The first-order valence-electron chi connectivity index (χ1n) is 20.7. The van der Waals surface area contributed by atoms with Crippen LogP contribution in [0.5, 0.6) is 0 Å². The first-order chi connectivity index (χ1) is 28.4. The molecule has 0 amide bonds. The number of piperazine rings is 1. The lowest BCUT2D eigenvalue weighted by Crippen LogP contribution is -2.50. The van der Waals surface area contributed by atoms with Gasteiger partial charge in [-0.1, -0.05) is 145 Å². The van der Waals surface area contributed by atoms with Crippen LogP contribution in [-0.4, -0.2) is 80.6 Å². The van der Waals surface area contributed by atoms with E-state index in [1.54, 1.807) is 0 Å². The SMILES string of the molecule is Cc1ccc2c(c1)c(-c1ccccc1)c(-c1ccccc1)n2C[C@H](O)CN1CCN(C[C@H](O)Cn2c(-c3ccccc3)c(-c3ccccc3)c3cc(C)ccc32)CC1. The quantitative estimate of drug-likeness (QED) is 0.130. The van der Waals surface area contributed by atoms with Crippen LogP contribution in [0.25, 0.3) is 66.6 Å². The number of hydrogen-bond acceptors (Lipinski definition) is 4. The molecular weight excluding hydrogens is 713 g/mol. The molecule has 1 aliphatic heterocycles. The van der Waals surface area contributed by atoms with E-state index in [4.69, 9.17) is 0 Å². The van der Waals surface area contributed by atoms with E-state index in [-0.39, 0.29) is 0 Å². The maximum atomic E-state index is 11.8. The van der Waals surface area contributed by atoms with Gasteiger partial charge in [-0.25, -0.2) is 0 Å². The highest BCUT2D eigenvalue weighted by Crippen LogP contribution is 2.43. The van der Waals surface area contributed by atoms with Gasteiger partial charge in [0.2, 0.25) is 0 Å². The van der Waals surface area contributed by atoms with Crippen molar-refractivity contribution in [2.75, 3.05) is 39.3 Å². The third kappa shape index (κ3) is 7.64. The first-order valence-corrected chi connectivity index (χ1v) is 20.7. The van der Waals surface area contributed by atoms with Crippen molar-refractivity contribution in [3.8, 4) is 44.8 Å². The zero-order valence-electron chi connectivity index (χ0n) is 33.5. The van der Waals surface area contributed by atoms with Crippen LogP contribution in [0.15, 0.2) is 158 Å². The minimum absolute atomic E-state index is 0.495. The Morgan fingerprint density at radius 1 is 0.414 bits per heavy atom. The lowest BCUT2D eigenvalue weighted by Gasteiger charge is -2.36. The van der Waals surface area contributed by atoms with Crippen LogP contribution >= 0.6 is 0 Å². The summed E-state index contributed by atoms with van der Waals surface area (Å²) in [5.74, 6) is 0. The van der Waals surface area contributed by atoms with Gasteiger partial charge in [-0.2, -0.15) is 0 Å². The molecule has 2 aromatic heterocycles. The summed E-state index contributed by atoms with van der Waals surface area (Å²) in [5, 5.41) is 26.0. The van der Waals surface area contributed by atoms with Crippen LogP contribution in [0.3, 0.4) is 0 Å². The van der Waals surface area contributed by atoms with Gasteiger partial charge in [0.1, 0.15) is 0 Å². The van der Waals surface area contributed by atoms with E-state index < -0.39 is 12.2 Å². The fourth-order valence-electron chi connectivity index (χ4n) is 9.19. The van der Waals surface area contributed by atoms with E-state index in [1.165, 1.54) is 44.2 Å². The molecule has 6 aromatic carbocycles. The number of aliphatic hydroxyl groups excluding tert-OH is 2. The number of benzene rings is 6. The van der Waals surface area contributed by atoms with Gasteiger partial charge in [0.05, 0.1) is 36.7 Å². The smallest absolute Gasteiger partial charge is 0.0845 e. The fourth-order valence-corrected chi connectivity index (χ4v) is 9.19. The molecule has 292 valence electrons. The number of aromatic nitrogens is 2. The summed E-state index contributed by atoms with van der Waals surface area (Å²) in [5.41, 5.74) is 14.0. The molecule has 58 heavy (non-hydrogen) atoms. The second kappa shape index (κ2) is 16.6. The number of fused-ring (bicyclic) bond motifs is 2. The second-order valence-electron chi connectivity index (χ2n) is 16.1. The molecular formula is C52H52N4O2. The number of nitrogens with zero attached hydrogens (tertiary/aromatic N) is 4. The summed E-state index contributed by atoms with van der Waals surface area (Å²) in [7, 11) is 0. The van der Waals surface area contributed by atoms with E-state index >= 15 is 0 Å². The second-order valence-corrected chi connectivity index (χ2v) is 16.1. The van der Waals surface area contributed by atoms with E-state index in [2.05, 4.69) is 191 Å². The predicted molar refractivity (Wildman–Crippen MR) is 240 cm³/mol. The molecule has 1 fully saturated rings. The lowest BCUT2D eigenvalue weighted by atomic mass is 9.97. The van der Waals surface area contributed by atoms with Gasteiger partial charge in [0.15, 0.2) is 0 Å². The van der Waals surface area contributed by atoms with E-state index in [0.717, 1.165) is 59.7 Å². The van der Waals surface area contributed by atoms with Crippen molar-refractivity contribution in [3.05, 3.63) is 169 Å². The van der Waals surface area contributed by atoms with Gasteiger partial charge in [0, 0.05) is 72.2 Å². The summed E-state index contributed by atoms with van der Waals surface area (Å²) >= 11 is 0. The molecule has 0 aliphatic carbocycles.